The molecule has 1 rings (SSSR count). The minimum absolute atomic E-state index is 0. The Kier molecular flexibility index (Phi) is 11.6. The number of aliphatic imine (C=N–C) groups is 1. The Morgan fingerprint density at radius 3 is 2.29 bits per heavy atom. The van der Waals surface area contributed by atoms with Crippen molar-refractivity contribution in [2.75, 3.05) is 19.6 Å². The van der Waals surface area contributed by atoms with Crippen LogP contribution in [0.2, 0.25) is 0 Å². The summed E-state index contributed by atoms with van der Waals surface area (Å²) in [6.07, 6.45) is 1.03. The molecule has 7 nitrogen and oxygen atoms in total. The van der Waals surface area contributed by atoms with Crippen LogP contribution in [0.4, 0.5) is 0 Å². The zero-order valence-electron chi connectivity index (χ0n) is 14.1. The number of halogens is 1. The Hall–Kier alpha value is -1.84. The molecule has 0 saturated carbocycles. The lowest BCUT2D eigenvalue weighted by Crippen LogP contribution is -2.37. The van der Waals surface area contributed by atoms with Crippen LogP contribution in [0, 0.1) is 0 Å². The molecule has 0 heterocycles. The second-order valence-corrected chi connectivity index (χ2v) is 4.97. The maximum absolute atomic E-state index is 11.8. The number of nitrogens with two attached hydrogens (primary N) is 1. The van der Waals surface area contributed by atoms with E-state index in [4.69, 9.17) is 5.73 Å². The minimum atomic E-state index is -0.570. The van der Waals surface area contributed by atoms with Crippen molar-refractivity contribution in [1.29, 1.82) is 0 Å². The zero-order valence-corrected chi connectivity index (χ0v) is 16.4. The van der Waals surface area contributed by atoms with Crippen LogP contribution in [0.1, 0.15) is 36.2 Å². The van der Waals surface area contributed by atoms with Crippen LogP contribution in [0.25, 0.3) is 0 Å². The molecule has 24 heavy (non-hydrogen) atoms. The number of hydrogen-bond acceptors (Lipinski definition) is 3. The van der Waals surface area contributed by atoms with Gasteiger partial charge in [0.1, 0.15) is 0 Å². The number of carbonyl (C=O) groups excluding carboxylic acids is 2. The van der Waals surface area contributed by atoms with Crippen molar-refractivity contribution in [3.8, 4) is 0 Å². The molecule has 134 valence electrons. The highest BCUT2D eigenvalue weighted by atomic mass is 127. The lowest BCUT2D eigenvalue weighted by molar-refractivity contribution is -0.117. The smallest absolute Gasteiger partial charge is 0.251 e. The lowest BCUT2D eigenvalue weighted by atomic mass is 10.1. The van der Waals surface area contributed by atoms with Crippen LogP contribution >= 0.6 is 24.0 Å². The van der Waals surface area contributed by atoms with Gasteiger partial charge in [0.2, 0.25) is 5.91 Å². The second-order valence-electron chi connectivity index (χ2n) is 4.97. The summed E-state index contributed by atoms with van der Waals surface area (Å²) in [5, 5.41) is 8.85. The largest absolute Gasteiger partial charge is 0.368 e. The predicted molar refractivity (Wildman–Crippen MR) is 106 cm³/mol. The first kappa shape index (κ1) is 22.2. The maximum Gasteiger partial charge on any atom is 0.251 e. The molecule has 0 bridgehead atoms. The lowest BCUT2D eigenvalue weighted by Gasteiger charge is -2.10. The average molecular weight is 447 g/mol. The van der Waals surface area contributed by atoms with E-state index < -0.39 is 5.91 Å². The van der Waals surface area contributed by atoms with Crippen molar-refractivity contribution in [1.82, 2.24) is 16.0 Å². The molecule has 0 aliphatic carbocycles. The van der Waals surface area contributed by atoms with Gasteiger partial charge in [-0.1, -0.05) is 19.1 Å². The van der Waals surface area contributed by atoms with E-state index in [-0.39, 0.29) is 36.4 Å². The van der Waals surface area contributed by atoms with Gasteiger partial charge in [-0.25, -0.2) is 4.99 Å². The SMILES string of the molecule is CCCNC(=NCc1ccc(C(=O)NCC(N)=O)cc1)NCC.I. The zero-order chi connectivity index (χ0) is 17.1. The molecule has 2 amide bonds. The Balaban J connectivity index is 0.00000529. The summed E-state index contributed by atoms with van der Waals surface area (Å²) in [5.74, 6) is -0.116. The van der Waals surface area contributed by atoms with E-state index in [0.717, 1.165) is 31.0 Å². The van der Waals surface area contributed by atoms with Crippen molar-refractivity contribution < 1.29 is 9.59 Å². The van der Waals surface area contributed by atoms with E-state index in [1.54, 1.807) is 12.1 Å². The molecule has 0 aliphatic rings. The fourth-order valence-corrected chi connectivity index (χ4v) is 1.79. The van der Waals surface area contributed by atoms with Gasteiger partial charge in [-0.05, 0) is 31.0 Å². The van der Waals surface area contributed by atoms with Crippen molar-refractivity contribution in [2.45, 2.75) is 26.8 Å². The number of nitrogens with zero attached hydrogens (tertiary/aromatic N) is 1. The molecule has 8 heteroatoms. The highest BCUT2D eigenvalue weighted by molar-refractivity contribution is 14.0. The summed E-state index contributed by atoms with van der Waals surface area (Å²) in [4.78, 5) is 26.9. The number of primary amides is 1. The molecule has 1 aromatic carbocycles. The highest BCUT2D eigenvalue weighted by Crippen LogP contribution is 2.05. The first-order valence-corrected chi connectivity index (χ1v) is 7.74. The second kappa shape index (κ2) is 12.6. The van der Waals surface area contributed by atoms with Crippen molar-refractivity contribution in [3.05, 3.63) is 35.4 Å². The van der Waals surface area contributed by atoms with Gasteiger partial charge in [-0.2, -0.15) is 0 Å². The van der Waals surface area contributed by atoms with E-state index in [9.17, 15) is 9.59 Å². The molecule has 0 fully saturated rings. The van der Waals surface area contributed by atoms with Crippen LogP contribution < -0.4 is 21.7 Å². The van der Waals surface area contributed by atoms with E-state index in [2.05, 4.69) is 27.9 Å². The van der Waals surface area contributed by atoms with Crippen LogP contribution in [0.3, 0.4) is 0 Å². The Bertz CT molecular complexity index is 546. The summed E-state index contributed by atoms with van der Waals surface area (Å²) in [6, 6.07) is 7.08. The molecule has 0 aromatic heterocycles. The van der Waals surface area contributed by atoms with Crippen molar-refractivity contribution in [3.63, 3.8) is 0 Å². The van der Waals surface area contributed by atoms with E-state index in [1.165, 1.54) is 0 Å². The summed E-state index contributed by atoms with van der Waals surface area (Å²) < 4.78 is 0. The molecule has 0 radical (unpaired) electrons. The van der Waals surface area contributed by atoms with Gasteiger partial charge in [0.15, 0.2) is 5.96 Å². The van der Waals surface area contributed by atoms with Gasteiger partial charge in [0, 0.05) is 18.7 Å². The van der Waals surface area contributed by atoms with E-state index in [1.807, 2.05) is 19.1 Å². The summed E-state index contributed by atoms with van der Waals surface area (Å²) in [6.45, 7) is 6.13. The van der Waals surface area contributed by atoms with E-state index in [0.29, 0.717) is 12.1 Å². The predicted octanol–water partition coefficient (Wildman–Crippen LogP) is 0.985. The van der Waals surface area contributed by atoms with Gasteiger partial charge < -0.3 is 21.7 Å². The van der Waals surface area contributed by atoms with Gasteiger partial charge in [-0.3, -0.25) is 9.59 Å². The first-order valence-electron chi connectivity index (χ1n) is 7.74. The topological polar surface area (TPSA) is 109 Å². The monoisotopic (exact) mass is 447 g/mol. The molecule has 0 unspecified atom stereocenters. The molecule has 0 spiro atoms. The van der Waals surface area contributed by atoms with Crippen molar-refractivity contribution in [2.24, 2.45) is 10.7 Å². The maximum atomic E-state index is 11.8. The number of carbonyl (C=O) groups is 2. The highest BCUT2D eigenvalue weighted by Gasteiger charge is 2.06. The van der Waals surface area contributed by atoms with Crippen LogP contribution in [-0.2, 0) is 11.3 Å². The molecule has 1 aromatic rings. The summed E-state index contributed by atoms with van der Waals surface area (Å²) in [7, 11) is 0. The van der Waals surface area contributed by atoms with Gasteiger partial charge >= 0.3 is 0 Å². The fraction of sp³-hybridized carbons (Fsp3) is 0.438. The fourth-order valence-electron chi connectivity index (χ4n) is 1.79. The number of guanidine groups is 1. The van der Waals surface area contributed by atoms with Crippen LogP contribution in [0.5, 0.6) is 0 Å². The third-order valence-corrected chi connectivity index (χ3v) is 2.95. The molecule has 0 atom stereocenters. The van der Waals surface area contributed by atoms with E-state index >= 15 is 0 Å². The summed E-state index contributed by atoms with van der Waals surface area (Å²) >= 11 is 0. The molecular formula is C16H26IN5O2. The van der Waals surface area contributed by atoms with Gasteiger partial charge in [-0.15, -0.1) is 24.0 Å². The van der Waals surface area contributed by atoms with Gasteiger partial charge in [0.05, 0.1) is 13.1 Å². The molecule has 0 aliphatic heterocycles. The Morgan fingerprint density at radius 1 is 1.08 bits per heavy atom. The van der Waals surface area contributed by atoms with Crippen molar-refractivity contribution >= 4 is 41.8 Å². The Morgan fingerprint density at radius 2 is 1.75 bits per heavy atom. The summed E-state index contributed by atoms with van der Waals surface area (Å²) in [5.41, 5.74) is 6.46. The number of nitrogens with one attached hydrogen (secondary N) is 3. The normalized spacial score (nSPS) is 10.5. The minimum Gasteiger partial charge on any atom is -0.368 e. The van der Waals surface area contributed by atoms with Crippen LogP contribution in [0.15, 0.2) is 29.3 Å². The quantitative estimate of drug-likeness (QED) is 0.271. The third-order valence-electron chi connectivity index (χ3n) is 2.95. The third kappa shape index (κ3) is 8.70. The number of rotatable bonds is 8. The average Bonchev–Trinajstić information content (AvgIpc) is 2.55. The number of hydrogen-bond donors (Lipinski definition) is 4. The first-order chi connectivity index (χ1) is 11.1. The molecule has 5 N–H and O–H groups in total. The number of benzene rings is 1. The van der Waals surface area contributed by atoms with Crippen LogP contribution in [-0.4, -0.2) is 37.4 Å². The van der Waals surface area contributed by atoms with Gasteiger partial charge in [0.25, 0.3) is 5.91 Å². The molecule has 0 saturated heterocycles. The molecular weight excluding hydrogens is 421 g/mol. The standard InChI is InChI=1S/C16H25N5O2.HI/c1-3-9-19-16(18-4-2)21-10-12-5-7-13(8-6-12)15(23)20-11-14(17)22;/h5-8H,3-4,9-11H2,1-2H3,(H2,17,22)(H,20,23)(H2,18,19,21);1H. The number of amides is 2. The Labute approximate surface area is 159 Å².